The van der Waals surface area contributed by atoms with Crippen LogP contribution in [0.25, 0.3) is 0 Å². The second-order valence-corrected chi connectivity index (χ2v) is 4.46. The second kappa shape index (κ2) is 9.79. The van der Waals surface area contributed by atoms with E-state index in [1.165, 1.54) is 0 Å². The largest absolute Gasteiger partial charge is 0.640 e. The van der Waals surface area contributed by atoms with Crippen LogP contribution in [0, 0.1) is 0 Å². The number of hydrogen-bond donors (Lipinski definition) is 1. The fraction of sp³-hybridized carbons (Fsp3) is 1.00. The normalized spacial score (nSPS) is 13.7. The van der Waals surface area contributed by atoms with E-state index >= 15 is 0 Å². The van der Waals surface area contributed by atoms with Crippen LogP contribution in [0.4, 0.5) is 0 Å². The van der Waals surface area contributed by atoms with E-state index < -0.39 is 7.32 Å². The van der Waals surface area contributed by atoms with Gasteiger partial charge in [0.1, 0.15) is 0 Å². The van der Waals surface area contributed by atoms with Crippen molar-refractivity contribution in [3.05, 3.63) is 0 Å². The minimum Gasteiger partial charge on any atom is -0.386 e. The van der Waals surface area contributed by atoms with Gasteiger partial charge in [-0.2, -0.15) is 0 Å². The van der Waals surface area contributed by atoms with Gasteiger partial charge in [0.25, 0.3) is 0 Å². The van der Waals surface area contributed by atoms with Gasteiger partial charge in [-0.3, -0.25) is 5.32 Å². The lowest BCUT2D eigenvalue weighted by atomic mass is 9.89. The summed E-state index contributed by atoms with van der Waals surface area (Å²) in [6, 6.07) is 0. The van der Waals surface area contributed by atoms with E-state index in [0.717, 1.165) is 19.3 Å². The van der Waals surface area contributed by atoms with Crippen molar-refractivity contribution in [2.75, 3.05) is 13.2 Å². The third-order valence-electron chi connectivity index (χ3n) is 3.46. The first kappa shape index (κ1) is 17.9. The first-order valence-corrected chi connectivity index (χ1v) is 7.23. The summed E-state index contributed by atoms with van der Waals surface area (Å²) in [5.74, 6) is 0. The highest BCUT2D eigenvalue weighted by Crippen LogP contribution is 2.20. The van der Waals surface area contributed by atoms with Crippen LogP contribution in [0.2, 0.25) is 0 Å². The van der Waals surface area contributed by atoms with Gasteiger partial charge in [-0.15, -0.1) is 0 Å². The Morgan fingerprint density at radius 3 is 1.72 bits per heavy atom. The van der Waals surface area contributed by atoms with Gasteiger partial charge in [-0.25, -0.2) is 0 Å². The molecular formula is C13H30BNO3. The van der Waals surface area contributed by atoms with Gasteiger partial charge in [0.05, 0.1) is 6.23 Å². The minimum absolute atomic E-state index is 0.0899. The Hall–Kier alpha value is -0.0951. The average molecular weight is 259 g/mol. The highest BCUT2D eigenvalue weighted by Gasteiger charge is 2.29. The molecule has 0 aromatic carbocycles. The maximum absolute atomic E-state index is 5.74. The van der Waals surface area contributed by atoms with Crippen LogP contribution < -0.4 is 5.32 Å². The molecule has 0 amide bonds. The van der Waals surface area contributed by atoms with Crippen LogP contribution in [-0.4, -0.2) is 32.3 Å². The van der Waals surface area contributed by atoms with Crippen molar-refractivity contribution in [1.29, 1.82) is 0 Å². The summed E-state index contributed by atoms with van der Waals surface area (Å²) in [6.07, 6.45) is 3.17. The summed E-state index contributed by atoms with van der Waals surface area (Å²) in [5.41, 5.74) is 0.141. The van der Waals surface area contributed by atoms with Gasteiger partial charge in [0.2, 0.25) is 0 Å². The Labute approximate surface area is 113 Å². The molecule has 0 heterocycles. The Balaban J connectivity index is 4.31. The predicted molar refractivity (Wildman–Crippen MR) is 76.3 cm³/mol. The maximum atomic E-state index is 5.74. The fourth-order valence-corrected chi connectivity index (χ4v) is 2.09. The molecule has 0 aromatic heterocycles. The van der Waals surface area contributed by atoms with Crippen LogP contribution in [0.15, 0.2) is 0 Å². The third-order valence-corrected chi connectivity index (χ3v) is 3.46. The Morgan fingerprint density at radius 1 is 0.944 bits per heavy atom. The Kier molecular flexibility index (Phi) is 9.73. The van der Waals surface area contributed by atoms with Crippen molar-refractivity contribution in [3.63, 3.8) is 0 Å². The molecule has 108 valence electrons. The van der Waals surface area contributed by atoms with E-state index in [-0.39, 0.29) is 11.8 Å². The van der Waals surface area contributed by atoms with Crippen molar-refractivity contribution in [2.24, 2.45) is 0 Å². The standard InChI is InChI=1S/C13H30BNO3/c1-7-13(8-2,9-3)15-12(6)18-14(16-10-4)17-11-5/h12,15H,7-11H2,1-6H3. The van der Waals surface area contributed by atoms with E-state index in [4.69, 9.17) is 14.0 Å². The molecule has 0 aromatic rings. The molecule has 1 N–H and O–H groups in total. The maximum Gasteiger partial charge on any atom is 0.640 e. The predicted octanol–water partition coefficient (Wildman–Crippen LogP) is 2.97. The summed E-state index contributed by atoms with van der Waals surface area (Å²) in [7, 11) is -0.578. The molecule has 0 rings (SSSR count). The summed E-state index contributed by atoms with van der Waals surface area (Å²) in [6.45, 7) is 13.6. The van der Waals surface area contributed by atoms with Gasteiger partial charge < -0.3 is 14.0 Å². The molecule has 0 aliphatic carbocycles. The zero-order valence-electron chi connectivity index (χ0n) is 12.9. The minimum atomic E-state index is -0.578. The molecule has 0 aliphatic heterocycles. The van der Waals surface area contributed by atoms with Gasteiger partial charge in [-0.1, -0.05) is 20.8 Å². The lowest BCUT2D eigenvalue weighted by Gasteiger charge is -2.35. The molecule has 0 aliphatic rings. The zero-order chi connectivity index (χ0) is 14.0. The van der Waals surface area contributed by atoms with Gasteiger partial charge >= 0.3 is 7.32 Å². The lowest BCUT2D eigenvalue weighted by Crippen LogP contribution is -2.51. The molecule has 18 heavy (non-hydrogen) atoms. The number of hydrogen-bond acceptors (Lipinski definition) is 4. The summed E-state index contributed by atoms with van der Waals surface area (Å²) < 4.78 is 16.5. The summed E-state index contributed by atoms with van der Waals surface area (Å²) in [5, 5.41) is 3.54. The molecule has 0 saturated heterocycles. The third kappa shape index (κ3) is 6.18. The van der Waals surface area contributed by atoms with E-state index in [9.17, 15) is 0 Å². The van der Waals surface area contributed by atoms with Crippen molar-refractivity contribution < 1.29 is 14.0 Å². The van der Waals surface area contributed by atoms with Gasteiger partial charge in [0, 0.05) is 18.8 Å². The number of nitrogens with one attached hydrogen (secondary N) is 1. The average Bonchev–Trinajstić information content (AvgIpc) is 2.37. The summed E-state index contributed by atoms with van der Waals surface area (Å²) >= 11 is 0. The topological polar surface area (TPSA) is 39.7 Å². The molecule has 0 bridgehead atoms. The Bertz CT molecular complexity index is 186. The second-order valence-electron chi connectivity index (χ2n) is 4.46. The lowest BCUT2D eigenvalue weighted by molar-refractivity contribution is 0.0359. The molecule has 4 nitrogen and oxygen atoms in total. The van der Waals surface area contributed by atoms with E-state index in [0.29, 0.717) is 13.2 Å². The molecule has 0 fully saturated rings. The zero-order valence-corrected chi connectivity index (χ0v) is 12.9. The highest BCUT2D eigenvalue weighted by molar-refractivity contribution is 6.36. The van der Waals surface area contributed by atoms with Gasteiger partial charge in [-0.05, 0) is 40.0 Å². The highest BCUT2D eigenvalue weighted by atomic mass is 16.7. The molecular weight excluding hydrogens is 229 g/mol. The molecule has 5 heteroatoms. The summed E-state index contributed by atoms with van der Waals surface area (Å²) in [4.78, 5) is 0. The van der Waals surface area contributed by atoms with Crippen molar-refractivity contribution in [2.45, 2.75) is 72.6 Å². The van der Waals surface area contributed by atoms with Crippen LogP contribution in [0.1, 0.15) is 60.8 Å². The molecule has 0 radical (unpaired) electrons. The van der Waals surface area contributed by atoms with E-state index in [2.05, 4.69) is 26.1 Å². The van der Waals surface area contributed by atoms with Crippen LogP contribution in [0.5, 0.6) is 0 Å². The van der Waals surface area contributed by atoms with Crippen LogP contribution in [-0.2, 0) is 14.0 Å². The SMILES string of the molecule is CCOB(OCC)OC(C)NC(CC)(CC)CC. The molecule has 0 spiro atoms. The smallest absolute Gasteiger partial charge is 0.386 e. The van der Waals surface area contributed by atoms with Crippen LogP contribution in [0.3, 0.4) is 0 Å². The first-order chi connectivity index (χ1) is 8.57. The first-order valence-electron chi connectivity index (χ1n) is 7.23. The number of rotatable bonds is 11. The van der Waals surface area contributed by atoms with Crippen molar-refractivity contribution >= 4 is 7.32 Å². The van der Waals surface area contributed by atoms with E-state index in [1.807, 2.05) is 20.8 Å². The van der Waals surface area contributed by atoms with Crippen molar-refractivity contribution in [3.8, 4) is 0 Å². The molecule has 1 atom stereocenters. The molecule has 1 unspecified atom stereocenters. The van der Waals surface area contributed by atoms with Crippen molar-refractivity contribution in [1.82, 2.24) is 5.32 Å². The van der Waals surface area contributed by atoms with E-state index in [1.54, 1.807) is 0 Å². The quantitative estimate of drug-likeness (QED) is 0.457. The molecule has 0 saturated carbocycles. The fourth-order valence-electron chi connectivity index (χ4n) is 2.09. The monoisotopic (exact) mass is 259 g/mol. The van der Waals surface area contributed by atoms with Crippen LogP contribution >= 0.6 is 0 Å². The Morgan fingerprint density at radius 2 is 1.39 bits per heavy atom. The van der Waals surface area contributed by atoms with Gasteiger partial charge in [0.15, 0.2) is 0 Å².